The highest BCUT2D eigenvalue weighted by atomic mass is 32.1. The van der Waals surface area contributed by atoms with Crippen molar-refractivity contribution in [3.63, 3.8) is 0 Å². The van der Waals surface area contributed by atoms with Gasteiger partial charge in [0.2, 0.25) is 0 Å². The van der Waals surface area contributed by atoms with E-state index in [-0.39, 0.29) is 5.41 Å². The van der Waals surface area contributed by atoms with Crippen molar-refractivity contribution in [2.24, 2.45) is 5.73 Å². The van der Waals surface area contributed by atoms with Crippen LogP contribution in [0.3, 0.4) is 0 Å². The number of rotatable bonds is 3. The number of nitrogens with two attached hydrogens (primary N) is 1. The van der Waals surface area contributed by atoms with Gasteiger partial charge in [-0.15, -0.1) is 22.7 Å². The molecule has 2 aromatic rings. The molecule has 1 aliphatic rings. The first kappa shape index (κ1) is 15.2. The van der Waals surface area contributed by atoms with E-state index in [1.807, 2.05) is 22.7 Å². The van der Waals surface area contributed by atoms with Gasteiger partial charge in [-0.1, -0.05) is 20.8 Å². The summed E-state index contributed by atoms with van der Waals surface area (Å²) in [6, 6.07) is 7.20. The third-order valence-electron chi connectivity index (χ3n) is 4.20. The fraction of sp³-hybridized carbons (Fsp3) is 0.529. The minimum Gasteiger partial charge on any atom is -0.329 e. The Morgan fingerprint density at radius 2 is 2.10 bits per heavy atom. The first-order valence-corrected chi connectivity index (χ1v) is 9.28. The van der Waals surface area contributed by atoms with Crippen molar-refractivity contribution in [1.29, 1.82) is 0 Å². The van der Waals surface area contributed by atoms with Crippen LogP contribution in [0, 0.1) is 0 Å². The van der Waals surface area contributed by atoms with Gasteiger partial charge in [0.15, 0.2) is 0 Å². The molecule has 0 saturated carbocycles. The second-order valence-corrected chi connectivity index (χ2v) is 8.91. The lowest BCUT2D eigenvalue weighted by Gasteiger charge is -2.33. The monoisotopic (exact) mass is 320 g/mol. The summed E-state index contributed by atoms with van der Waals surface area (Å²) >= 11 is 3.83. The molecule has 4 heteroatoms. The molecule has 0 amide bonds. The molecule has 1 unspecified atom stereocenters. The average molecular weight is 321 g/mol. The van der Waals surface area contributed by atoms with Crippen molar-refractivity contribution in [3.05, 3.63) is 43.8 Å². The first-order valence-electron chi connectivity index (χ1n) is 7.58. The summed E-state index contributed by atoms with van der Waals surface area (Å²) in [4.78, 5) is 6.97. The summed E-state index contributed by atoms with van der Waals surface area (Å²) in [5.74, 6) is 0. The van der Waals surface area contributed by atoms with E-state index in [9.17, 15) is 0 Å². The zero-order chi connectivity index (χ0) is 15.0. The number of nitrogens with zero attached hydrogens (tertiary/aromatic N) is 1. The number of thiophene rings is 2. The quantitative estimate of drug-likeness (QED) is 0.920. The van der Waals surface area contributed by atoms with E-state index in [4.69, 9.17) is 5.73 Å². The topological polar surface area (TPSA) is 29.3 Å². The van der Waals surface area contributed by atoms with Gasteiger partial charge in [-0.05, 0) is 41.0 Å². The maximum Gasteiger partial charge on any atom is 0.0567 e. The largest absolute Gasteiger partial charge is 0.329 e. The van der Waals surface area contributed by atoms with E-state index >= 15 is 0 Å². The van der Waals surface area contributed by atoms with Crippen molar-refractivity contribution in [3.8, 4) is 0 Å². The summed E-state index contributed by atoms with van der Waals surface area (Å²) < 4.78 is 0. The average Bonchev–Trinajstić information content (AvgIpc) is 3.06. The molecule has 0 aliphatic carbocycles. The van der Waals surface area contributed by atoms with Crippen molar-refractivity contribution >= 4 is 22.7 Å². The third kappa shape index (κ3) is 3.09. The van der Waals surface area contributed by atoms with Gasteiger partial charge in [0.25, 0.3) is 0 Å². The predicted octanol–water partition coefficient (Wildman–Crippen LogP) is 4.17. The minimum absolute atomic E-state index is 0.227. The molecule has 114 valence electrons. The Morgan fingerprint density at radius 3 is 2.76 bits per heavy atom. The molecule has 0 spiro atoms. The van der Waals surface area contributed by atoms with Crippen LogP contribution in [-0.2, 0) is 18.4 Å². The lowest BCUT2D eigenvalue weighted by Crippen LogP contribution is -2.36. The summed E-state index contributed by atoms with van der Waals surface area (Å²) in [5, 5.41) is 2.22. The van der Waals surface area contributed by atoms with Crippen LogP contribution in [0.4, 0.5) is 0 Å². The molecule has 21 heavy (non-hydrogen) atoms. The smallest absolute Gasteiger partial charge is 0.0567 e. The number of hydrogen-bond acceptors (Lipinski definition) is 4. The maximum atomic E-state index is 6.12. The Kier molecular flexibility index (Phi) is 4.23. The van der Waals surface area contributed by atoms with Crippen LogP contribution in [0.15, 0.2) is 23.6 Å². The van der Waals surface area contributed by atoms with Gasteiger partial charge in [0, 0.05) is 34.3 Å². The maximum absolute atomic E-state index is 6.12. The standard InChI is InChI=1S/C17H24N2S2/c1-17(2,3)16-5-4-15(21-16)13(10-18)19-8-6-14-12(11-19)7-9-20-14/h4-5,7,9,13H,6,8,10-11,18H2,1-3H3. The number of fused-ring (bicyclic) bond motifs is 1. The van der Waals surface area contributed by atoms with Crippen LogP contribution >= 0.6 is 22.7 Å². The molecule has 2 aromatic heterocycles. The summed E-state index contributed by atoms with van der Waals surface area (Å²) in [6.07, 6.45) is 1.17. The van der Waals surface area contributed by atoms with Crippen molar-refractivity contribution in [2.75, 3.05) is 13.1 Å². The molecule has 3 rings (SSSR count). The second kappa shape index (κ2) is 5.84. The highest BCUT2D eigenvalue weighted by molar-refractivity contribution is 7.12. The van der Waals surface area contributed by atoms with E-state index in [1.54, 1.807) is 4.88 Å². The molecule has 3 heterocycles. The molecule has 1 atom stereocenters. The van der Waals surface area contributed by atoms with Crippen molar-refractivity contribution < 1.29 is 0 Å². The van der Waals surface area contributed by atoms with Crippen molar-refractivity contribution in [2.45, 2.75) is 45.2 Å². The first-order chi connectivity index (χ1) is 9.99. The minimum atomic E-state index is 0.227. The van der Waals surface area contributed by atoms with Crippen molar-refractivity contribution in [1.82, 2.24) is 4.90 Å². The van der Waals surface area contributed by atoms with Gasteiger partial charge < -0.3 is 5.73 Å². The SMILES string of the molecule is CC(C)(C)c1ccc(C(CN)N2CCc3sccc3C2)s1. The van der Waals surface area contributed by atoms with Crippen LogP contribution in [0.5, 0.6) is 0 Å². The Morgan fingerprint density at radius 1 is 1.29 bits per heavy atom. The van der Waals surface area contributed by atoms with Gasteiger partial charge in [0.1, 0.15) is 0 Å². The fourth-order valence-electron chi connectivity index (χ4n) is 2.92. The van der Waals surface area contributed by atoms with Crippen LogP contribution in [0.25, 0.3) is 0 Å². The summed E-state index contributed by atoms with van der Waals surface area (Å²) in [5.41, 5.74) is 7.84. The molecule has 2 nitrogen and oxygen atoms in total. The van der Waals surface area contributed by atoms with E-state index in [2.05, 4.69) is 49.3 Å². The predicted molar refractivity (Wildman–Crippen MR) is 93.2 cm³/mol. The molecular weight excluding hydrogens is 296 g/mol. The van der Waals surface area contributed by atoms with Gasteiger partial charge in [-0.25, -0.2) is 0 Å². The lowest BCUT2D eigenvalue weighted by atomic mass is 9.95. The van der Waals surface area contributed by atoms with E-state index in [0.717, 1.165) is 13.1 Å². The Balaban J connectivity index is 1.81. The van der Waals surface area contributed by atoms with E-state index < -0.39 is 0 Å². The normalized spacial score (nSPS) is 17.7. The molecule has 2 N–H and O–H groups in total. The molecule has 0 saturated heterocycles. The molecular formula is C17H24N2S2. The Labute approximate surface area is 135 Å². The van der Waals surface area contributed by atoms with E-state index in [1.165, 1.54) is 21.7 Å². The molecule has 0 radical (unpaired) electrons. The van der Waals surface area contributed by atoms with Gasteiger partial charge in [0.05, 0.1) is 6.04 Å². The zero-order valence-corrected chi connectivity index (χ0v) is 14.7. The van der Waals surface area contributed by atoms with Crippen LogP contribution in [-0.4, -0.2) is 18.0 Å². The molecule has 0 fully saturated rings. The van der Waals surface area contributed by atoms with Gasteiger partial charge >= 0.3 is 0 Å². The van der Waals surface area contributed by atoms with Gasteiger partial charge in [-0.2, -0.15) is 0 Å². The third-order valence-corrected chi connectivity index (χ3v) is 6.83. The van der Waals surface area contributed by atoms with Crippen LogP contribution in [0.2, 0.25) is 0 Å². The molecule has 1 aliphatic heterocycles. The molecule has 0 bridgehead atoms. The summed E-state index contributed by atoms with van der Waals surface area (Å²) in [6.45, 7) is 9.70. The van der Waals surface area contributed by atoms with Crippen LogP contribution in [0.1, 0.15) is 47.0 Å². The summed E-state index contributed by atoms with van der Waals surface area (Å²) in [7, 11) is 0. The number of hydrogen-bond donors (Lipinski definition) is 1. The van der Waals surface area contributed by atoms with Crippen LogP contribution < -0.4 is 5.73 Å². The lowest BCUT2D eigenvalue weighted by molar-refractivity contribution is 0.188. The fourth-order valence-corrected chi connectivity index (χ4v) is 5.02. The Hall–Kier alpha value is -0.680. The zero-order valence-electron chi connectivity index (χ0n) is 13.1. The highest BCUT2D eigenvalue weighted by Gasteiger charge is 2.26. The Bertz CT molecular complexity index is 606. The molecule has 0 aromatic carbocycles. The van der Waals surface area contributed by atoms with Gasteiger partial charge in [-0.3, -0.25) is 4.90 Å². The van der Waals surface area contributed by atoms with E-state index in [0.29, 0.717) is 12.6 Å². The second-order valence-electron chi connectivity index (χ2n) is 6.79. The highest BCUT2D eigenvalue weighted by Crippen LogP contribution is 2.36.